The Morgan fingerprint density at radius 2 is 1.35 bits per heavy atom. The Balaban J connectivity index is 1.39. The molecular weight excluding hydrogens is 320 g/mol. The number of hydrogen-bond donors (Lipinski definition) is 0. The van der Waals surface area contributed by atoms with Gasteiger partial charge in [-0.2, -0.15) is 0 Å². The zero-order chi connectivity index (χ0) is 18.5. The van der Waals surface area contributed by atoms with Crippen molar-refractivity contribution in [3.8, 4) is 5.75 Å². The molecule has 1 heterocycles. The summed E-state index contributed by atoms with van der Waals surface area (Å²) in [4.78, 5) is 0. The molecule has 0 saturated carbocycles. The second-order valence-electron chi connectivity index (χ2n) is 7.97. The molecule has 2 unspecified atom stereocenters. The van der Waals surface area contributed by atoms with Crippen LogP contribution in [0.15, 0.2) is 24.3 Å². The van der Waals surface area contributed by atoms with Crippen LogP contribution in [-0.4, -0.2) is 12.4 Å². The van der Waals surface area contributed by atoms with Gasteiger partial charge in [-0.3, -0.25) is 0 Å². The van der Waals surface area contributed by atoms with Crippen molar-refractivity contribution in [2.75, 3.05) is 0 Å². The minimum absolute atomic E-state index is 0.0263. The first kappa shape index (κ1) is 21.3. The van der Waals surface area contributed by atoms with Gasteiger partial charge < -0.3 is 9.47 Å². The number of unbranched alkanes of at least 4 members (excludes halogenated alkanes) is 12. The average molecular weight is 361 g/mol. The van der Waals surface area contributed by atoms with E-state index < -0.39 is 0 Å². The second kappa shape index (κ2) is 13.2. The van der Waals surface area contributed by atoms with E-state index in [2.05, 4.69) is 25.1 Å². The molecule has 0 bridgehead atoms. The number of ether oxygens (including phenoxy) is 2. The largest absolute Gasteiger partial charge is 0.462 e. The van der Waals surface area contributed by atoms with Gasteiger partial charge in [0, 0.05) is 0 Å². The van der Waals surface area contributed by atoms with Gasteiger partial charge in [0.05, 0.1) is 0 Å². The highest BCUT2D eigenvalue weighted by Crippen LogP contribution is 2.26. The zero-order valence-corrected chi connectivity index (χ0v) is 17.2. The minimum Gasteiger partial charge on any atom is -0.462 e. The van der Waals surface area contributed by atoms with E-state index in [0.717, 1.165) is 12.2 Å². The van der Waals surface area contributed by atoms with E-state index in [9.17, 15) is 0 Å². The van der Waals surface area contributed by atoms with E-state index in [-0.39, 0.29) is 12.4 Å². The highest BCUT2D eigenvalue weighted by Gasteiger charge is 2.36. The molecule has 1 aliphatic heterocycles. The summed E-state index contributed by atoms with van der Waals surface area (Å²) in [6.45, 7) is 4.33. The van der Waals surface area contributed by atoms with Gasteiger partial charge in [0.15, 0.2) is 0 Å². The van der Waals surface area contributed by atoms with Gasteiger partial charge in [0.1, 0.15) is 11.9 Å². The summed E-state index contributed by atoms with van der Waals surface area (Å²) in [5.74, 6) is 0.951. The molecule has 26 heavy (non-hydrogen) atoms. The molecule has 0 amide bonds. The van der Waals surface area contributed by atoms with Crippen LogP contribution in [0.25, 0.3) is 0 Å². The zero-order valence-electron chi connectivity index (χ0n) is 17.2. The van der Waals surface area contributed by atoms with Crippen molar-refractivity contribution in [1.82, 2.24) is 0 Å². The lowest BCUT2D eigenvalue weighted by atomic mass is 10.0. The summed E-state index contributed by atoms with van der Waals surface area (Å²) in [6, 6.07) is 8.52. The highest BCUT2D eigenvalue weighted by molar-refractivity contribution is 5.29. The molecule has 2 rings (SSSR count). The van der Waals surface area contributed by atoms with Crippen LogP contribution in [0.5, 0.6) is 5.75 Å². The van der Waals surface area contributed by atoms with E-state index in [1.165, 1.54) is 89.0 Å². The van der Waals surface area contributed by atoms with Gasteiger partial charge >= 0.3 is 0 Å². The number of rotatable bonds is 16. The highest BCUT2D eigenvalue weighted by atomic mass is 16.8. The van der Waals surface area contributed by atoms with Gasteiger partial charge in [0.25, 0.3) is 0 Å². The first-order valence-corrected chi connectivity index (χ1v) is 11.2. The smallest absolute Gasteiger partial charge is 0.226 e. The Labute approximate surface area is 161 Å². The number of epoxide rings is 1. The SMILES string of the molecule is CCCCCCCCCCCCCCCc1cccc(OC2OC2C)c1. The molecule has 0 radical (unpaired) electrons. The molecule has 1 aliphatic rings. The molecule has 0 aliphatic carbocycles. The van der Waals surface area contributed by atoms with Crippen molar-refractivity contribution in [1.29, 1.82) is 0 Å². The molecule has 0 N–H and O–H groups in total. The number of benzene rings is 1. The lowest BCUT2D eigenvalue weighted by Gasteiger charge is -2.06. The Morgan fingerprint density at radius 3 is 1.88 bits per heavy atom. The molecule has 1 fully saturated rings. The van der Waals surface area contributed by atoms with Gasteiger partial charge in [0.2, 0.25) is 6.29 Å². The quantitative estimate of drug-likeness (QED) is 0.226. The Kier molecular flexibility index (Phi) is 10.8. The van der Waals surface area contributed by atoms with Crippen LogP contribution >= 0.6 is 0 Å². The number of aryl methyl sites for hydroxylation is 1. The van der Waals surface area contributed by atoms with Crippen LogP contribution in [0.2, 0.25) is 0 Å². The average Bonchev–Trinajstić information content (AvgIpc) is 3.34. The molecule has 0 spiro atoms. The van der Waals surface area contributed by atoms with Gasteiger partial charge in [-0.1, -0.05) is 96.1 Å². The van der Waals surface area contributed by atoms with E-state index in [1.807, 2.05) is 13.0 Å². The lowest BCUT2D eigenvalue weighted by molar-refractivity contribution is 0.178. The van der Waals surface area contributed by atoms with Crippen molar-refractivity contribution in [3.05, 3.63) is 29.8 Å². The summed E-state index contributed by atoms with van der Waals surface area (Å²) >= 11 is 0. The third kappa shape index (κ3) is 9.62. The minimum atomic E-state index is -0.0263. The predicted octanol–water partition coefficient (Wildman–Crippen LogP) is 7.44. The third-order valence-electron chi connectivity index (χ3n) is 5.38. The molecule has 148 valence electrons. The monoisotopic (exact) mass is 360 g/mol. The maximum atomic E-state index is 5.77. The molecule has 1 aromatic carbocycles. The Hall–Kier alpha value is -1.02. The van der Waals surface area contributed by atoms with Crippen LogP contribution in [0.3, 0.4) is 0 Å². The van der Waals surface area contributed by atoms with Crippen molar-refractivity contribution in [3.63, 3.8) is 0 Å². The molecule has 2 nitrogen and oxygen atoms in total. The van der Waals surface area contributed by atoms with E-state index in [0.29, 0.717) is 0 Å². The molecule has 2 heteroatoms. The second-order valence-corrected chi connectivity index (χ2v) is 7.97. The van der Waals surface area contributed by atoms with Crippen molar-refractivity contribution in [2.24, 2.45) is 0 Å². The van der Waals surface area contributed by atoms with Crippen LogP contribution in [-0.2, 0) is 11.2 Å². The van der Waals surface area contributed by atoms with Crippen molar-refractivity contribution < 1.29 is 9.47 Å². The van der Waals surface area contributed by atoms with Crippen molar-refractivity contribution in [2.45, 2.75) is 116 Å². The van der Waals surface area contributed by atoms with Crippen LogP contribution < -0.4 is 4.74 Å². The summed E-state index contributed by atoms with van der Waals surface area (Å²) in [5, 5.41) is 0. The van der Waals surface area contributed by atoms with Crippen LogP contribution in [0.1, 0.15) is 103 Å². The summed E-state index contributed by atoms with van der Waals surface area (Å²) in [5.41, 5.74) is 1.39. The van der Waals surface area contributed by atoms with Gasteiger partial charge in [-0.05, 0) is 37.5 Å². The van der Waals surface area contributed by atoms with E-state index >= 15 is 0 Å². The molecular formula is C24H40O2. The van der Waals surface area contributed by atoms with E-state index in [4.69, 9.17) is 9.47 Å². The van der Waals surface area contributed by atoms with Crippen molar-refractivity contribution >= 4 is 0 Å². The summed E-state index contributed by atoms with van der Waals surface area (Å²) in [7, 11) is 0. The van der Waals surface area contributed by atoms with Crippen LogP contribution in [0.4, 0.5) is 0 Å². The van der Waals surface area contributed by atoms with Gasteiger partial charge in [-0.15, -0.1) is 0 Å². The van der Waals surface area contributed by atoms with Crippen LogP contribution in [0, 0.1) is 0 Å². The normalized spacial score (nSPS) is 18.8. The maximum absolute atomic E-state index is 5.77. The fourth-order valence-corrected chi connectivity index (χ4v) is 3.55. The Morgan fingerprint density at radius 1 is 0.808 bits per heavy atom. The summed E-state index contributed by atoms with van der Waals surface area (Å²) < 4.78 is 11.1. The van der Waals surface area contributed by atoms with Gasteiger partial charge in [-0.25, -0.2) is 0 Å². The molecule has 1 aromatic rings. The fraction of sp³-hybridized carbons (Fsp3) is 0.750. The topological polar surface area (TPSA) is 21.8 Å². The first-order chi connectivity index (χ1) is 12.8. The summed E-state index contributed by atoms with van der Waals surface area (Å²) in [6.07, 6.45) is 19.7. The molecule has 2 atom stereocenters. The first-order valence-electron chi connectivity index (χ1n) is 11.2. The Bertz CT molecular complexity index is 471. The third-order valence-corrected chi connectivity index (χ3v) is 5.38. The number of hydrogen-bond acceptors (Lipinski definition) is 2. The standard InChI is InChI=1S/C24H40O2/c1-3-4-5-6-7-8-9-10-11-12-13-14-15-17-22-18-16-19-23(20-22)26-24-21(2)25-24/h16,18-21,24H,3-15,17H2,1-2H3. The maximum Gasteiger partial charge on any atom is 0.226 e. The fourth-order valence-electron chi connectivity index (χ4n) is 3.55. The molecule has 1 saturated heterocycles. The predicted molar refractivity (Wildman–Crippen MR) is 111 cm³/mol. The van der Waals surface area contributed by atoms with E-state index in [1.54, 1.807) is 0 Å². The molecule has 0 aromatic heterocycles. The lowest BCUT2D eigenvalue weighted by Crippen LogP contribution is -2.01.